The minimum atomic E-state index is 0.569. The molecular weight excluding hydrogens is 160 g/mol. The second-order valence-corrected chi connectivity index (χ2v) is 4.05. The molecule has 0 aliphatic carbocycles. The van der Waals surface area contributed by atoms with Crippen molar-refractivity contribution in [2.24, 2.45) is 11.7 Å². The Labute approximate surface area is 83.5 Å². The minimum absolute atomic E-state index is 0.569. The van der Waals surface area contributed by atoms with Gasteiger partial charge in [-0.1, -0.05) is 27.2 Å². The van der Waals surface area contributed by atoms with Crippen molar-refractivity contribution in [3.63, 3.8) is 0 Å². The van der Waals surface area contributed by atoms with Crippen LogP contribution in [0, 0.1) is 5.92 Å². The highest BCUT2D eigenvalue weighted by molar-refractivity contribution is 4.75. The van der Waals surface area contributed by atoms with Crippen molar-refractivity contribution in [3.05, 3.63) is 0 Å². The average Bonchev–Trinajstić information content (AvgIpc) is 2.06. The largest absolute Gasteiger partial charge is 0.329 e. The van der Waals surface area contributed by atoms with Gasteiger partial charge in [-0.05, 0) is 32.4 Å². The lowest BCUT2D eigenvalue weighted by molar-refractivity contribution is 0.182. The summed E-state index contributed by atoms with van der Waals surface area (Å²) in [6.45, 7) is 8.72. The van der Waals surface area contributed by atoms with Crippen LogP contribution in [0.4, 0.5) is 0 Å². The number of rotatable bonds is 7. The zero-order valence-corrected chi connectivity index (χ0v) is 9.71. The Bertz CT molecular complexity index is 103. The molecule has 0 saturated carbocycles. The third-order valence-electron chi connectivity index (χ3n) is 2.78. The van der Waals surface area contributed by atoms with Gasteiger partial charge < -0.3 is 10.6 Å². The van der Waals surface area contributed by atoms with E-state index in [0.29, 0.717) is 6.04 Å². The van der Waals surface area contributed by atoms with Crippen molar-refractivity contribution in [1.82, 2.24) is 4.90 Å². The van der Waals surface area contributed by atoms with Gasteiger partial charge in [-0.2, -0.15) is 0 Å². The van der Waals surface area contributed by atoms with Crippen LogP contribution >= 0.6 is 0 Å². The Hall–Kier alpha value is -0.0800. The van der Waals surface area contributed by atoms with Crippen molar-refractivity contribution in [1.29, 1.82) is 0 Å². The van der Waals surface area contributed by atoms with E-state index in [-0.39, 0.29) is 0 Å². The molecule has 13 heavy (non-hydrogen) atoms. The first-order chi connectivity index (χ1) is 6.17. The van der Waals surface area contributed by atoms with Gasteiger partial charge in [0.1, 0.15) is 0 Å². The van der Waals surface area contributed by atoms with Gasteiger partial charge in [-0.3, -0.25) is 0 Å². The van der Waals surface area contributed by atoms with Crippen LogP contribution in [0.5, 0.6) is 0 Å². The van der Waals surface area contributed by atoms with Crippen LogP contribution in [0.2, 0.25) is 0 Å². The maximum absolute atomic E-state index is 5.79. The summed E-state index contributed by atoms with van der Waals surface area (Å²) in [5.41, 5.74) is 5.79. The van der Waals surface area contributed by atoms with E-state index in [0.717, 1.165) is 19.0 Å². The van der Waals surface area contributed by atoms with Crippen LogP contribution in [0.3, 0.4) is 0 Å². The van der Waals surface area contributed by atoms with Gasteiger partial charge in [0.25, 0.3) is 0 Å². The van der Waals surface area contributed by atoms with Gasteiger partial charge in [-0.15, -0.1) is 0 Å². The van der Waals surface area contributed by atoms with Gasteiger partial charge >= 0.3 is 0 Å². The average molecular weight is 186 g/mol. The highest BCUT2D eigenvalue weighted by Crippen LogP contribution is 2.14. The molecule has 80 valence electrons. The van der Waals surface area contributed by atoms with Crippen LogP contribution in [0.15, 0.2) is 0 Å². The van der Waals surface area contributed by atoms with Gasteiger partial charge in [0.2, 0.25) is 0 Å². The first-order valence-electron chi connectivity index (χ1n) is 5.57. The molecule has 0 amide bonds. The van der Waals surface area contributed by atoms with E-state index in [1.807, 2.05) is 0 Å². The molecular formula is C11H26N2. The Kier molecular flexibility index (Phi) is 7.29. The molecule has 2 N–H and O–H groups in total. The van der Waals surface area contributed by atoms with Crippen LogP contribution in [0.25, 0.3) is 0 Å². The zero-order chi connectivity index (χ0) is 10.3. The zero-order valence-electron chi connectivity index (χ0n) is 9.71. The lowest BCUT2D eigenvalue weighted by Crippen LogP contribution is -2.42. The van der Waals surface area contributed by atoms with Crippen LogP contribution in [-0.2, 0) is 0 Å². The summed E-state index contributed by atoms with van der Waals surface area (Å²) in [5, 5.41) is 0. The van der Waals surface area contributed by atoms with Gasteiger partial charge in [0.15, 0.2) is 0 Å². The maximum Gasteiger partial charge on any atom is 0.0240 e. The Morgan fingerprint density at radius 2 is 1.85 bits per heavy atom. The van der Waals surface area contributed by atoms with Gasteiger partial charge in [0, 0.05) is 12.6 Å². The molecule has 0 rings (SSSR count). The molecule has 2 heteroatoms. The molecule has 0 saturated heterocycles. The first kappa shape index (κ1) is 12.9. The predicted octanol–water partition coefficient (Wildman–Crippen LogP) is 2.09. The summed E-state index contributed by atoms with van der Waals surface area (Å²) >= 11 is 0. The summed E-state index contributed by atoms with van der Waals surface area (Å²) in [6.07, 6.45) is 3.76. The van der Waals surface area contributed by atoms with E-state index >= 15 is 0 Å². The van der Waals surface area contributed by atoms with E-state index in [2.05, 4.69) is 32.7 Å². The maximum atomic E-state index is 5.79. The summed E-state index contributed by atoms with van der Waals surface area (Å²) in [7, 11) is 2.19. The number of hydrogen-bond acceptors (Lipinski definition) is 2. The predicted molar refractivity (Wildman–Crippen MR) is 59.8 cm³/mol. The van der Waals surface area contributed by atoms with E-state index in [9.17, 15) is 0 Å². The van der Waals surface area contributed by atoms with Gasteiger partial charge in [-0.25, -0.2) is 0 Å². The van der Waals surface area contributed by atoms with Crippen molar-refractivity contribution < 1.29 is 0 Å². The van der Waals surface area contributed by atoms with Crippen LogP contribution in [0.1, 0.15) is 40.0 Å². The number of hydrogen-bond donors (Lipinski definition) is 1. The van der Waals surface area contributed by atoms with Crippen molar-refractivity contribution in [2.75, 3.05) is 20.1 Å². The molecule has 0 aromatic heterocycles. The molecule has 0 aromatic rings. The van der Waals surface area contributed by atoms with E-state index in [1.54, 1.807) is 0 Å². The van der Waals surface area contributed by atoms with Crippen LogP contribution < -0.4 is 5.73 Å². The van der Waals surface area contributed by atoms with E-state index in [1.165, 1.54) is 19.3 Å². The highest BCUT2D eigenvalue weighted by Gasteiger charge is 2.18. The van der Waals surface area contributed by atoms with Crippen molar-refractivity contribution >= 4 is 0 Å². The Morgan fingerprint density at radius 3 is 2.23 bits per heavy atom. The molecule has 0 aromatic carbocycles. The normalized spacial score (nSPS) is 16.2. The van der Waals surface area contributed by atoms with E-state index < -0.39 is 0 Å². The molecule has 2 atom stereocenters. The molecule has 0 aliphatic rings. The quantitative estimate of drug-likeness (QED) is 0.659. The molecule has 0 spiro atoms. The highest BCUT2D eigenvalue weighted by atomic mass is 15.1. The molecule has 0 fully saturated rings. The second-order valence-electron chi connectivity index (χ2n) is 4.05. The fraction of sp³-hybridized carbons (Fsp3) is 1.00. The fourth-order valence-electron chi connectivity index (χ4n) is 2.01. The lowest BCUT2D eigenvalue weighted by Gasteiger charge is -2.31. The standard InChI is InChI=1S/C11H26N2/c1-5-7-10(3)11(9-12)13(4)8-6-2/h10-11H,5-9,12H2,1-4H3. The Balaban J connectivity index is 3.98. The SMILES string of the molecule is CCCC(C)C(CN)N(C)CCC. The van der Waals surface area contributed by atoms with Gasteiger partial charge in [0.05, 0.1) is 0 Å². The molecule has 0 bridgehead atoms. The summed E-state index contributed by atoms with van der Waals surface area (Å²) in [4.78, 5) is 2.40. The minimum Gasteiger partial charge on any atom is -0.329 e. The third-order valence-corrected chi connectivity index (χ3v) is 2.78. The smallest absolute Gasteiger partial charge is 0.0240 e. The molecule has 0 radical (unpaired) electrons. The van der Waals surface area contributed by atoms with Crippen molar-refractivity contribution in [2.45, 2.75) is 46.1 Å². The molecule has 2 unspecified atom stereocenters. The van der Waals surface area contributed by atoms with Crippen molar-refractivity contribution in [3.8, 4) is 0 Å². The summed E-state index contributed by atoms with van der Waals surface area (Å²) in [5.74, 6) is 0.728. The third kappa shape index (κ3) is 4.63. The lowest BCUT2D eigenvalue weighted by atomic mass is 9.96. The van der Waals surface area contributed by atoms with Crippen LogP contribution in [-0.4, -0.2) is 31.1 Å². The summed E-state index contributed by atoms with van der Waals surface area (Å²) < 4.78 is 0. The molecule has 0 aliphatic heterocycles. The topological polar surface area (TPSA) is 29.3 Å². The molecule has 2 nitrogen and oxygen atoms in total. The fourth-order valence-corrected chi connectivity index (χ4v) is 2.01. The summed E-state index contributed by atoms with van der Waals surface area (Å²) in [6, 6.07) is 0.569. The molecule has 0 heterocycles. The second kappa shape index (κ2) is 7.34. The number of likely N-dealkylation sites (N-methyl/N-ethyl adjacent to an activating group) is 1. The van der Waals surface area contributed by atoms with E-state index in [4.69, 9.17) is 5.73 Å². The monoisotopic (exact) mass is 186 g/mol. The first-order valence-corrected chi connectivity index (χ1v) is 5.57. The number of nitrogens with two attached hydrogens (primary N) is 1. The Morgan fingerprint density at radius 1 is 1.23 bits per heavy atom. The number of nitrogens with zero attached hydrogens (tertiary/aromatic N) is 1.